The number of nitrogens with zero attached hydrogens (tertiary/aromatic N) is 6. The van der Waals surface area contributed by atoms with E-state index >= 15 is 0 Å². The Morgan fingerprint density at radius 3 is 3.19 bits per heavy atom. The van der Waals surface area contributed by atoms with Crippen molar-refractivity contribution in [1.82, 2.24) is 34.2 Å². The molecule has 0 amide bonds. The van der Waals surface area contributed by atoms with Crippen LogP contribution in [-0.4, -0.2) is 35.5 Å². The summed E-state index contributed by atoms with van der Waals surface area (Å²) in [5.41, 5.74) is 3.11. The molecule has 0 saturated carbocycles. The Bertz CT molecular complexity index is 746. The fourth-order valence-electron chi connectivity index (χ4n) is 2.52. The second kappa shape index (κ2) is 5.05. The van der Waals surface area contributed by atoms with E-state index in [1.807, 2.05) is 19.3 Å². The first-order valence-corrected chi connectivity index (χ1v) is 7.65. The van der Waals surface area contributed by atoms with Crippen LogP contribution in [0, 0.1) is 6.92 Å². The maximum absolute atomic E-state index is 4.67. The lowest BCUT2D eigenvalue weighted by atomic mass is 10.3. The Hall–Kier alpha value is -2.06. The van der Waals surface area contributed by atoms with E-state index in [1.165, 1.54) is 17.2 Å². The van der Waals surface area contributed by atoms with Crippen molar-refractivity contribution in [1.29, 1.82) is 0 Å². The zero-order valence-electron chi connectivity index (χ0n) is 11.7. The summed E-state index contributed by atoms with van der Waals surface area (Å²) in [6.07, 6.45) is 3.79. The Balaban J connectivity index is 1.68. The zero-order chi connectivity index (χ0) is 14.2. The van der Waals surface area contributed by atoms with Crippen molar-refractivity contribution in [3.05, 3.63) is 34.7 Å². The highest BCUT2D eigenvalue weighted by molar-refractivity contribution is 7.05. The quantitative estimate of drug-likeness (QED) is 0.783. The molecule has 1 aliphatic heterocycles. The third kappa shape index (κ3) is 2.26. The molecule has 7 nitrogen and oxygen atoms in total. The molecule has 0 fully saturated rings. The average molecular weight is 301 g/mol. The van der Waals surface area contributed by atoms with E-state index in [0.29, 0.717) is 0 Å². The number of hydrogen-bond donors (Lipinski definition) is 1. The lowest BCUT2D eigenvalue weighted by molar-refractivity contribution is 0.476. The molecule has 0 radical (unpaired) electrons. The molecule has 0 bridgehead atoms. The largest absolute Gasteiger partial charge is 0.324 e. The van der Waals surface area contributed by atoms with Crippen molar-refractivity contribution in [2.24, 2.45) is 0 Å². The second-order valence-corrected chi connectivity index (χ2v) is 5.92. The first-order valence-electron chi connectivity index (χ1n) is 6.88. The molecule has 0 unspecified atom stereocenters. The van der Waals surface area contributed by atoms with E-state index < -0.39 is 0 Å². The Kier molecular flexibility index (Phi) is 3.04. The number of fused-ring (bicyclic) bond motifs is 1. The molecule has 4 heterocycles. The minimum absolute atomic E-state index is 0.735. The van der Waals surface area contributed by atoms with Crippen LogP contribution in [0.5, 0.6) is 0 Å². The summed E-state index contributed by atoms with van der Waals surface area (Å²) in [7, 11) is 0. The summed E-state index contributed by atoms with van der Waals surface area (Å²) in [6, 6.07) is 2.11. The fourth-order valence-corrected chi connectivity index (χ4v) is 3.15. The smallest absolute Gasteiger partial charge is 0.160 e. The Morgan fingerprint density at radius 1 is 1.43 bits per heavy atom. The molecule has 0 spiro atoms. The van der Waals surface area contributed by atoms with Gasteiger partial charge in [-0.25, -0.2) is 4.98 Å². The van der Waals surface area contributed by atoms with Crippen LogP contribution in [0.1, 0.15) is 16.3 Å². The lowest BCUT2D eigenvalue weighted by Gasteiger charge is -2.13. The normalized spacial score (nSPS) is 14.3. The van der Waals surface area contributed by atoms with Gasteiger partial charge in [0.15, 0.2) is 5.82 Å². The highest BCUT2D eigenvalue weighted by Gasteiger charge is 2.16. The van der Waals surface area contributed by atoms with Gasteiger partial charge in [0.2, 0.25) is 0 Å². The van der Waals surface area contributed by atoms with Gasteiger partial charge in [0, 0.05) is 25.5 Å². The molecule has 3 aromatic rings. The second-order valence-electron chi connectivity index (χ2n) is 5.08. The zero-order valence-corrected chi connectivity index (χ0v) is 12.5. The van der Waals surface area contributed by atoms with Gasteiger partial charge in [-0.1, -0.05) is 4.49 Å². The number of nitrogens with one attached hydrogen (secondary N) is 1. The standard InChI is InChI=1S/C13H15N7S/c1-9-12(21-18-16-9)8-19-4-3-15-13(19)11-6-10-7-14-2-5-20(10)17-11/h3-4,6,14H,2,5,7-8H2,1H3. The van der Waals surface area contributed by atoms with E-state index in [-0.39, 0.29) is 0 Å². The molecule has 0 saturated heterocycles. The third-order valence-electron chi connectivity index (χ3n) is 3.67. The lowest BCUT2D eigenvalue weighted by Crippen LogP contribution is -2.28. The van der Waals surface area contributed by atoms with Gasteiger partial charge in [-0.05, 0) is 24.5 Å². The van der Waals surface area contributed by atoms with Gasteiger partial charge < -0.3 is 9.88 Å². The summed E-state index contributed by atoms with van der Waals surface area (Å²) in [5.74, 6) is 0.893. The fraction of sp³-hybridized carbons (Fsp3) is 0.385. The van der Waals surface area contributed by atoms with Gasteiger partial charge in [0.1, 0.15) is 5.69 Å². The van der Waals surface area contributed by atoms with Crippen LogP contribution in [0.15, 0.2) is 18.5 Å². The number of aromatic nitrogens is 6. The number of hydrogen-bond acceptors (Lipinski definition) is 6. The molecule has 8 heteroatoms. The molecule has 0 aromatic carbocycles. The molecule has 3 aromatic heterocycles. The molecule has 0 atom stereocenters. The SMILES string of the molecule is Cc1nnsc1Cn1ccnc1-c1cc2n(n1)CCNC2. The van der Waals surface area contributed by atoms with Crippen molar-refractivity contribution in [3.63, 3.8) is 0 Å². The van der Waals surface area contributed by atoms with Crippen LogP contribution in [-0.2, 0) is 19.6 Å². The number of imidazole rings is 1. The summed E-state index contributed by atoms with van der Waals surface area (Å²) < 4.78 is 8.15. The Labute approximate surface area is 125 Å². The highest BCUT2D eigenvalue weighted by atomic mass is 32.1. The summed E-state index contributed by atoms with van der Waals surface area (Å²) in [5, 5.41) is 12.1. The van der Waals surface area contributed by atoms with E-state index in [9.17, 15) is 0 Å². The van der Waals surface area contributed by atoms with Crippen molar-refractivity contribution < 1.29 is 0 Å². The summed E-state index contributed by atoms with van der Waals surface area (Å²) in [6.45, 7) is 5.46. The van der Waals surface area contributed by atoms with Gasteiger partial charge in [-0.3, -0.25) is 4.68 Å². The molecule has 21 heavy (non-hydrogen) atoms. The van der Waals surface area contributed by atoms with E-state index in [1.54, 1.807) is 0 Å². The third-order valence-corrected chi connectivity index (χ3v) is 4.48. The van der Waals surface area contributed by atoms with Crippen LogP contribution in [0.3, 0.4) is 0 Å². The Morgan fingerprint density at radius 2 is 2.38 bits per heavy atom. The van der Waals surface area contributed by atoms with Crippen LogP contribution < -0.4 is 5.32 Å². The highest BCUT2D eigenvalue weighted by Crippen LogP contribution is 2.21. The van der Waals surface area contributed by atoms with Crippen molar-refractivity contribution in [2.75, 3.05) is 6.54 Å². The van der Waals surface area contributed by atoms with Crippen LogP contribution in [0.2, 0.25) is 0 Å². The van der Waals surface area contributed by atoms with Crippen LogP contribution in [0.25, 0.3) is 11.5 Å². The van der Waals surface area contributed by atoms with Gasteiger partial charge in [0.05, 0.1) is 29.4 Å². The topological polar surface area (TPSA) is 73.5 Å². The minimum atomic E-state index is 0.735. The molecule has 0 aliphatic carbocycles. The monoisotopic (exact) mass is 301 g/mol. The summed E-state index contributed by atoms with van der Waals surface area (Å²) >= 11 is 1.43. The van der Waals surface area contributed by atoms with E-state index in [2.05, 4.69) is 40.3 Å². The van der Waals surface area contributed by atoms with Crippen molar-refractivity contribution >= 4 is 11.5 Å². The first kappa shape index (κ1) is 12.7. The van der Waals surface area contributed by atoms with E-state index in [4.69, 9.17) is 0 Å². The predicted octanol–water partition coefficient (Wildman–Crippen LogP) is 1.06. The number of aryl methyl sites for hydroxylation is 1. The molecular formula is C13H15N7S. The summed E-state index contributed by atoms with van der Waals surface area (Å²) in [4.78, 5) is 5.62. The van der Waals surface area contributed by atoms with Gasteiger partial charge in [-0.15, -0.1) is 5.10 Å². The first-order chi connectivity index (χ1) is 10.3. The van der Waals surface area contributed by atoms with Gasteiger partial charge in [-0.2, -0.15) is 5.10 Å². The van der Waals surface area contributed by atoms with Crippen LogP contribution in [0.4, 0.5) is 0 Å². The molecule has 108 valence electrons. The average Bonchev–Trinajstić information content (AvgIpc) is 3.19. The maximum Gasteiger partial charge on any atom is 0.160 e. The molecular weight excluding hydrogens is 286 g/mol. The number of rotatable bonds is 3. The van der Waals surface area contributed by atoms with Crippen molar-refractivity contribution in [3.8, 4) is 11.5 Å². The molecule has 1 aliphatic rings. The predicted molar refractivity (Wildman–Crippen MR) is 78.9 cm³/mol. The van der Waals surface area contributed by atoms with E-state index in [0.717, 1.165) is 48.3 Å². The van der Waals surface area contributed by atoms with Gasteiger partial charge in [0.25, 0.3) is 0 Å². The van der Waals surface area contributed by atoms with Gasteiger partial charge >= 0.3 is 0 Å². The van der Waals surface area contributed by atoms with Crippen molar-refractivity contribution in [2.45, 2.75) is 26.6 Å². The minimum Gasteiger partial charge on any atom is -0.324 e. The maximum atomic E-state index is 4.67. The van der Waals surface area contributed by atoms with Crippen LogP contribution >= 0.6 is 11.5 Å². The molecule has 4 rings (SSSR count). The molecule has 1 N–H and O–H groups in total.